The average molecular weight is 427 g/mol. The van der Waals surface area contributed by atoms with Crippen molar-refractivity contribution in [2.24, 2.45) is 0 Å². The zero-order chi connectivity index (χ0) is 21.8. The van der Waals surface area contributed by atoms with Crippen molar-refractivity contribution in [3.63, 3.8) is 0 Å². The van der Waals surface area contributed by atoms with Gasteiger partial charge in [-0.3, -0.25) is 19.6 Å². The highest BCUT2D eigenvalue weighted by atomic mass is 19.2. The van der Waals surface area contributed by atoms with E-state index in [-0.39, 0.29) is 5.91 Å². The first-order chi connectivity index (χ1) is 15.6. The summed E-state index contributed by atoms with van der Waals surface area (Å²) in [5.74, 6) is -2.12. The van der Waals surface area contributed by atoms with Crippen LogP contribution in [-0.2, 0) is 13.0 Å². The van der Waals surface area contributed by atoms with E-state index in [1.807, 2.05) is 54.6 Å². The molecule has 1 atom stereocenters. The Bertz CT molecular complexity index is 1370. The Morgan fingerprint density at radius 2 is 1.72 bits per heavy atom. The van der Waals surface area contributed by atoms with Crippen LogP contribution in [0, 0.1) is 11.6 Å². The highest BCUT2D eigenvalue weighted by molar-refractivity contribution is 6.18. The third-order valence-corrected chi connectivity index (χ3v) is 6.34. The van der Waals surface area contributed by atoms with Crippen molar-refractivity contribution in [2.75, 3.05) is 11.4 Å². The van der Waals surface area contributed by atoms with Gasteiger partial charge >= 0.3 is 0 Å². The monoisotopic (exact) mass is 427 g/mol. The van der Waals surface area contributed by atoms with Crippen LogP contribution in [0.4, 0.5) is 14.5 Å². The van der Waals surface area contributed by atoms with Gasteiger partial charge in [0.1, 0.15) is 6.17 Å². The standard InChI is InChI=1S/C26H19F2N3O/c27-19-11-10-17(14-20(19)28)31-25-24-22(12-13-30(25)15-16-6-2-1-3-7-16)29-21-9-5-4-8-18(21)23(24)26(31)32/h1-11,14,25H,12-13,15H2. The van der Waals surface area contributed by atoms with Crippen LogP contribution in [-0.4, -0.2) is 22.3 Å². The molecule has 0 saturated carbocycles. The number of hydrogen-bond acceptors (Lipinski definition) is 3. The molecule has 4 nitrogen and oxygen atoms in total. The highest BCUT2D eigenvalue weighted by Gasteiger charge is 2.46. The van der Waals surface area contributed by atoms with Crippen LogP contribution < -0.4 is 4.90 Å². The number of nitrogens with zero attached hydrogens (tertiary/aromatic N) is 3. The second-order valence-electron chi connectivity index (χ2n) is 8.22. The van der Waals surface area contributed by atoms with E-state index in [0.29, 0.717) is 24.3 Å². The molecular weight excluding hydrogens is 408 g/mol. The van der Waals surface area contributed by atoms with Gasteiger partial charge in [0.2, 0.25) is 0 Å². The molecule has 1 amide bonds. The zero-order valence-electron chi connectivity index (χ0n) is 17.1. The molecule has 0 saturated heterocycles. The Labute approximate surface area is 183 Å². The van der Waals surface area contributed by atoms with Gasteiger partial charge in [-0.25, -0.2) is 8.78 Å². The molecule has 1 aromatic heterocycles. The molecule has 32 heavy (non-hydrogen) atoms. The SMILES string of the molecule is O=C1c2c3c(nc4ccccc24)CCN(Cc2ccccc2)C3N1c1ccc(F)c(F)c1. The summed E-state index contributed by atoms with van der Waals surface area (Å²) in [6.07, 6.45) is 0.290. The van der Waals surface area contributed by atoms with Crippen molar-refractivity contribution in [1.82, 2.24) is 9.88 Å². The lowest BCUT2D eigenvalue weighted by Crippen LogP contribution is -2.43. The minimum Gasteiger partial charge on any atom is -0.288 e. The van der Waals surface area contributed by atoms with Crippen molar-refractivity contribution in [3.05, 3.63) is 107 Å². The number of para-hydroxylation sites is 1. The number of anilines is 1. The summed E-state index contributed by atoms with van der Waals surface area (Å²) in [5.41, 5.74) is 4.61. The average Bonchev–Trinajstić information content (AvgIpc) is 3.13. The van der Waals surface area contributed by atoms with Crippen molar-refractivity contribution in [1.29, 1.82) is 0 Å². The molecule has 6 rings (SSSR count). The molecule has 3 heterocycles. The Morgan fingerprint density at radius 3 is 2.53 bits per heavy atom. The predicted octanol–water partition coefficient (Wildman–Crippen LogP) is 5.23. The van der Waals surface area contributed by atoms with Gasteiger partial charge in [-0.2, -0.15) is 0 Å². The van der Waals surface area contributed by atoms with Crippen LogP contribution in [0.2, 0.25) is 0 Å². The topological polar surface area (TPSA) is 36.4 Å². The molecule has 0 aliphatic carbocycles. The van der Waals surface area contributed by atoms with Crippen LogP contribution in [0.1, 0.15) is 33.3 Å². The largest absolute Gasteiger partial charge is 0.288 e. The zero-order valence-corrected chi connectivity index (χ0v) is 17.1. The van der Waals surface area contributed by atoms with E-state index < -0.39 is 17.8 Å². The summed E-state index contributed by atoms with van der Waals surface area (Å²) in [4.78, 5) is 22.5. The van der Waals surface area contributed by atoms with E-state index in [4.69, 9.17) is 4.98 Å². The van der Waals surface area contributed by atoms with Gasteiger partial charge in [-0.1, -0.05) is 48.5 Å². The smallest absolute Gasteiger partial charge is 0.261 e. The number of rotatable bonds is 3. The lowest BCUT2D eigenvalue weighted by atomic mass is 9.96. The lowest BCUT2D eigenvalue weighted by molar-refractivity contribution is 0.0949. The second kappa shape index (κ2) is 7.21. The third-order valence-electron chi connectivity index (χ3n) is 6.34. The Morgan fingerprint density at radius 1 is 0.938 bits per heavy atom. The number of hydrogen-bond donors (Lipinski definition) is 0. The first kappa shape index (κ1) is 19.1. The number of carbonyl (C=O) groups is 1. The van der Waals surface area contributed by atoms with E-state index in [0.717, 1.165) is 46.3 Å². The van der Waals surface area contributed by atoms with Gasteiger partial charge < -0.3 is 0 Å². The molecule has 0 spiro atoms. The Kier molecular flexibility index (Phi) is 4.30. The summed E-state index contributed by atoms with van der Waals surface area (Å²) in [6, 6.07) is 21.3. The number of halogens is 2. The van der Waals surface area contributed by atoms with Gasteiger partial charge in [-0.05, 0) is 23.8 Å². The van der Waals surface area contributed by atoms with Gasteiger partial charge in [0.05, 0.1) is 11.1 Å². The molecule has 158 valence electrons. The normalized spacial score (nSPS) is 17.8. The second-order valence-corrected chi connectivity index (χ2v) is 8.22. The van der Waals surface area contributed by atoms with E-state index in [9.17, 15) is 13.6 Å². The maximum absolute atomic E-state index is 14.2. The third kappa shape index (κ3) is 2.83. The number of aromatic nitrogens is 1. The number of fused-ring (bicyclic) bond motifs is 2. The fraction of sp³-hybridized carbons (Fsp3) is 0.154. The minimum atomic E-state index is -0.972. The lowest BCUT2D eigenvalue weighted by Gasteiger charge is -2.39. The quantitative estimate of drug-likeness (QED) is 0.449. The molecular formula is C26H19F2N3O. The van der Waals surface area contributed by atoms with Crippen molar-refractivity contribution < 1.29 is 13.6 Å². The molecule has 0 N–H and O–H groups in total. The summed E-state index contributed by atoms with van der Waals surface area (Å²) in [6.45, 7) is 1.33. The van der Waals surface area contributed by atoms with Crippen LogP contribution >= 0.6 is 0 Å². The van der Waals surface area contributed by atoms with Crippen LogP contribution in [0.25, 0.3) is 10.9 Å². The van der Waals surface area contributed by atoms with Crippen LogP contribution in [0.5, 0.6) is 0 Å². The Balaban J connectivity index is 1.56. The molecule has 0 fully saturated rings. The maximum atomic E-state index is 14.2. The summed E-state index contributed by atoms with van der Waals surface area (Å²) in [5, 5.41) is 0.785. The highest BCUT2D eigenvalue weighted by Crippen LogP contribution is 2.46. The van der Waals surface area contributed by atoms with Crippen LogP contribution in [0.3, 0.4) is 0 Å². The van der Waals surface area contributed by atoms with Crippen molar-refractivity contribution in [2.45, 2.75) is 19.1 Å². The fourth-order valence-electron chi connectivity index (χ4n) is 4.93. The molecule has 3 aromatic carbocycles. The molecule has 2 aliphatic rings. The molecule has 4 aromatic rings. The maximum Gasteiger partial charge on any atom is 0.261 e. The Hall–Kier alpha value is -3.64. The van der Waals surface area contributed by atoms with Crippen molar-refractivity contribution in [3.8, 4) is 0 Å². The van der Waals surface area contributed by atoms with E-state index >= 15 is 0 Å². The molecule has 0 radical (unpaired) electrons. The van der Waals surface area contributed by atoms with Gasteiger partial charge in [0, 0.05) is 47.9 Å². The summed E-state index contributed by atoms with van der Waals surface area (Å²) in [7, 11) is 0. The number of carbonyl (C=O) groups excluding carboxylic acids is 1. The molecule has 0 bridgehead atoms. The number of amides is 1. The fourth-order valence-corrected chi connectivity index (χ4v) is 4.93. The molecule has 2 aliphatic heterocycles. The first-order valence-corrected chi connectivity index (χ1v) is 10.6. The van der Waals surface area contributed by atoms with Gasteiger partial charge in [0.25, 0.3) is 5.91 Å². The molecule has 6 heteroatoms. The van der Waals surface area contributed by atoms with Gasteiger partial charge in [-0.15, -0.1) is 0 Å². The predicted molar refractivity (Wildman–Crippen MR) is 118 cm³/mol. The number of pyridine rings is 1. The summed E-state index contributed by atoms with van der Waals surface area (Å²) >= 11 is 0. The molecule has 1 unspecified atom stereocenters. The van der Waals surface area contributed by atoms with Crippen molar-refractivity contribution >= 4 is 22.5 Å². The van der Waals surface area contributed by atoms with Gasteiger partial charge in [0.15, 0.2) is 11.6 Å². The van der Waals surface area contributed by atoms with E-state index in [1.54, 1.807) is 4.90 Å². The minimum absolute atomic E-state index is 0.212. The van der Waals surface area contributed by atoms with E-state index in [1.165, 1.54) is 6.07 Å². The summed E-state index contributed by atoms with van der Waals surface area (Å²) < 4.78 is 27.8. The van der Waals surface area contributed by atoms with Crippen LogP contribution in [0.15, 0.2) is 72.8 Å². The van der Waals surface area contributed by atoms with E-state index in [2.05, 4.69) is 4.90 Å². The first-order valence-electron chi connectivity index (χ1n) is 10.6. The number of benzene rings is 3.